The van der Waals surface area contributed by atoms with Gasteiger partial charge in [-0.25, -0.2) is 9.18 Å². The van der Waals surface area contributed by atoms with Crippen molar-refractivity contribution >= 4 is 11.7 Å². The van der Waals surface area contributed by atoms with E-state index < -0.39 is 5.97 Å². The van der Waals surface area contributed by atoms with Crippen LogP contribution < -0.4 is 9.64 Å². The molecule has 1 aliphatic rings. The predicted octanol–water partition coefficient (Wildman–Crippen LogP) is 2.45. The maximum absolute atomic E-state index is 13.5. The van der Waals surface area contributed by atoms with Crippen LogP contribution in [0.15, 0.2) is 34.9 Å². The van der Waals surface area contributed by atoms with E-state index in [1.54, 1.807) is 18.2 Å². The first-order valence-corrected chi connectivity index (χ1v) is 7.69. The number of piperazine rings is 1. The van der Waals surface area contributed by atoms with Gasteiger partial charge in [-0.15, -0.1) is 0 Å². The van der Waals surface area contributed by atoms with Gasteiger partial charge in [0, 0.05) is 50.0 Å². The van der Waals surface area contributed by atoms with E-state index in [0.717, 1.165) is 31.9 Å². The lowest BCUT2D eigenvalue weighted by Crippen LogP contribution is -2.46. The minimum Gasteiger partial charge on any atom is -0.494 e. The summed E-state index contributed by atoms with van der Waals surface area (Å²) in [6, 6.07) is 6.54. The summed E-state index contributed by atoms with van der Waals surface area (Å²) in [6.07, 6.45) is 1.40. The fraction of sp³-hybridized carbons (Fsp3) is 0.353. The van der Waals surface area contributed by atoms with Crippen molar-refractivity contribution in [3.05, 3.63) is 47.7 Å². The molecule has 128 valence electrons. The maximum atomic E-state index is 13.5. The first-order chi connectivity index (χ1) is 11.6. The number of furan rings is 1. The molecule has 1 saturated heterocycles. The third-order valence-electron chi connectivity index (χ3n) is 4.21. The lowest BCUT2D eigenvalue weighted by atomic mass is 10.2. The predicted molar refractivity (Wildman–Crippen MR) is 86.1 cm³/mol. The third-order valence-corrected chi connectivity index (χ3v) is 4.21. The molecule has 3 rings (SSSR count). The van der Waals surface area contributed by atoms with Crippen molar-refractivity contribution in [1.29, 1.82) is 0 Å². The molecule has 6 nitrogen and oxygen atoms in total. The highest BCUT2D eigenvalue weighted by atomic mass is 19.1. The molecule has 0 unspecified atom stereocenters. The monoisotopic (exact) mass is 334 g/mol. The van der Waals surface area contributed by atoms with E-state index in [-0.39, 0.29) is 17.3 Å². The van der Waals surface area contributed by atoms with Crippen LogP contribution >= 0.6 is 0 Å². The van der Waals surface area contributed by atoms with Crippen LogP contribution in [0, 0.1) is 5.82 Å². The van der Waals surface area contributed by atoms with Gasteiger partial charge in [0.1, 0.15) is 0 Å². The number of halogens is 1. The Hall–Kier alpha value is -2.54. The summed E-state index contributed by atoms with van der Waals surface area (Å²) in [5.41, 5.74) is 1.60. The second-order valence-electron chi connectivity index (χ2n) is 5.66. The van der Waals surface area contributed by atoms with Crippen LogP contribution in [-0.4, -0.2) is 49.3 Å². The van der Waals surface area contributed by atoms with Crippen LogP contribution in [0.4, 0.5) is 10.1 Å². The van der Waals surface area contributed by atoms with Gasteiger partial charge in [0.2, 0.25) is 5.76 Å². The van der Waals surface area contributed by atoms with Crippen molar-refractivity contribution in [2.45, 2.75) is 6.54 Å². The highest BCUT2D eigenvalue weighted by Gasteiger charge is 2.21. The Morgan fingerprint density at radius 2 is 2.04 bits per heavy atom. The number of nitrogens with zero attached hydrogens (tertiary/aromatic N) is 2. The molecule has 0 bridgehead atoms. The zero-order valence-corrected chi connectivity index (χ0v) is 13.4. The normalized spacial score (nSPS) is 15.5. The van der Waals surface area contributed by atoms with Crippen LogP contribution in [0.3, 0.4) is 0 Å². The summed E-state index contributed by atoms with van der Waals surface area (Å²) in [5.74, 6) is -1.19. The molecular weight excluding hydrogens is 315 g/mol. The van der Waals surface area contributed by atoms with Gasteiger partial charge < -0.3 is 19.2 Å². The molecule has 7 heteroatoms. The van der Waals surface area contributed by atoms with E-state index in [0.29, 0.717) is 12.1 Å². The molecule has 0 radical (unpaired) electrons. The largest absolute Gasteiger partial charge is 0.494 e. The zero-order chi connectivity index (χ0) is 17.1. The average molecular weight is 334 g/mol. The minimum atomic E-state index is -1.05. The molecule has 1 aromatic carbocycles. The lowest BCUT2D eigenvalue weighted by Gasteiger charge is -2.36. The van der Waals surface area contributed by atoms with E-state index in [4.69, 9.17) is 14.3 Å². The molecule has 24 heavy (non-hydrogen) atoms. The summed E-state index contributed by atoms with van der Waals surface area (Å²) >= 11 is 0. The molecule has 0 amide bonds. The van der Waals surface area contributed by atoms with Crippen molar-refractivity contribution in [2.24, 2.45) is 0 Å². The molecule has 1 aromatic heterocycles. The van der Waals surface area contributed by atoms with Crippen LogP contribution in [0.5, 0.6) is 5.75 Å². The van der Waals surface area contributed by atoms with Crippen LogP contribution in [0.2, 0.25) is 0 Å². The number of carbonyl (C=O) groups is 1. The number of rotatable bonds is 5. The first-order valence-electron chi connectivity index (χ1n) is 7.69. The van der Waals surface area contributed by atoms with Crippen molar-refractivity contribution in [1.82, 2.24) is 4.90 Å². The molecule has 1 N–H and O–H groups in total. The van der Waals surface area contributed by atoms with E-state index in [1.807, 2.05) is 0 Å². The zero-order valence-electron chi connectivity index (χ0n) is 13.4. The second-order valence-corrected chi connectivity index (χ2v) is 5.66. The molecule has 2 heterocycles. The molecule has 0 atom stereocenters. The Bertz CT molecular complexity index is 723. The molecule has 0 aliphatic carbocycles. The number of ether oxygens (including phenoxy) is 1. The molecule has 1 fully saturated rings. The Labute approximate surface area is 139 Å². The SMILES string of the molecule is COc1cc(N2CCN(Cc3ccoc3C(=O)O)CC2)ccc1F. The Balaban J connectivity index is 1.61. The van der Waals surface area contributed by atoms with Gasteiger partial charge in [0.05, 0.1) is 13.4 Å². The summed E-state index contributed by atoms with van der Waals surface area (Å²) in [5, 5.41) is 9.08. The number of benzene rings is 1. The second kappa shape index (κ2) is 6.92. The molecule has 0 spiro atoms. The van der Waals surface area contributed by atoms with E-state index >= 15 is 0 Å². The molecule has 0 saturated carbocycles. The summed E-state index contributed by atoms with van der Waals surface area (Å²) in [4.78, 5) is 15.4. The fourth-order valence-corrected chi connectivity index (χ4v) is 2.90. The number of carboxylic acids is 1. The van der Waals surface area contributed by atoms with Gasteiger partial charge in [-0.3, -0.25) is 4.90 Å². The number of hydrogen-bond donors (Lipinski definition) is 1. The van der Waals surface area contributed by atoms with Gasteiger partial charge in [0.25, 0.3) is 0 Å². The van der Waals surface area contributed by atoms with Crippen molar-refractivity contribution in [3.8, 4) is 5.75 Å². The maximum Gasteiger partial charge on any atom is 0.372 e. The quantitative estimate of drug-likeness (QED) is 0.906. The Morgan fingerprint density at radius 3 is 2.71 bits per heavy atom. The van der Waals surface area contributed by atoms with Crippen molar-refractivity contribution < 1.29 is 23.4 Å². The molecule has 1 aliphatic heterocycles. The Kier molecular flexibility index (Phi) is 4.71. The van der Waals surface area contributed by atoms with Crippen LogP contribution in [0.25, 0.3) is 0 Å². The number of hydrogen-bond acceptors (Lipinski definition) is 5. The fourth-order valence-electron chi connectivity index (χ4n) is 2.90. The van der Waals surface area contributed by atoms with Crippen LogP contribution in [0.1, 0.15) is 16.1 Å². The highest BCUT2D eigenvalue weighted by Crippen LogP contribution is 2.25. The summed E-state index contributed by atoms with van der Waals surface area (Å²) in [7, 11) is 1.45. The topological polar surface area (TPSA) is 66.2 Å². The summed E-state index contributed by atoms with van der Waals surface area (Å²) in [6.45, 7) is 3.65. The highest BCUT2D eigenvalue weighted by molar-refractivity contribution is 5.86. The summed E-state index contributed by atoms with van der Waals surface area (Å²) < 4.78 is 23.5. The van der Waals surface area contributed by atoms with Gasteiger partial charge >= 0.3 is 5.97 Å². The Morgan fingerprint density at radius 1 is 1.29 bits per heavy atom. The molecular formula is C17H19FN2O4. The minimum absolute atomic E-state index is 0.000649. The van der Waals surface area contributed by atoms with Gasteiger partial charge in [0.15, 0.2) is 11.6 Å². The number of carboxylic acid groups (broad SMARTS) is 1. The number of aromatic carboxylic acids is 1. The van der Waals surface area contributed by atoms with Crippen molar-refractivity contribution in [2.75, 3.05) is 38.2 Å². The molecule has 2 aromatic rings. The lowest BCUT2D eigenvalue weighted by molar-refractivity contribution is 0.0659. The average Bonchev–Trinajstić information content (AvgIpc) is 3.04. The van der Waals surface area contributed by atoms with Gasteiger partial charge in [-0.2, -0.15) is 0 Å². The number of methoxy groups -OCH3 is 1. The smallest absolute Gasteiger partial charge is 0.372 e. The van der Waals surface area contributed by atoms with E-state index in [1.165, 1.54) is 19.4 Å². The number of anilines is 1. The first kappa shape index (κ1) is 16.3. The van der Waals surface area contributed by atoms with Gasteiger partial charge in [-0.05, 0) is 18.2 Å². The third kappa shape index (κ3) is 3.35. The van der Waals surface area contributed by atoms with Gasteiger partial charge in [-0.1, -0.05) is 0 Å². The van der Waals surface area contributed by atoms with E-state index in [9.17, 15) is 9.18 Å². The van der Waals surface area contributed by atoms with E-state index in [2.05, 4.69) is 9.80 Å². The van der Waals surface area contributed by atoms with Crippen LogP contribution in [-0.2, 0) is 6.54 Å². The standard InChI is InChI=1S/C17H19FN2O4/c1-23-15-10-13(2-3-14(15)18)20-7-5-19(6-8-20)11-12-4-9-24-16(12)17(21)22/h2-4,9-10H,5-8,11H2,1H3,(H,21,22). The van der Waals surface area contributed by atoms with Crippen molar-refractivity contribution in [3.63, 3.8) is 0 Å².